The third-order valence-electron chi connectivity index (χ3n) is 7.78. The molecule has 0 aromatic heterocycles. The minimum absolute atomic E-state index is 0.0619. The summed E-state index contributed by atoms with van der Waals surface area (Å²) in [7, 11) is 0. The number of hydrogen-bond donors (Lipinski definition) is 4. The number of nitrogens with one attached hydrogen (secondary N) is 2. The fourth-order valence-electron chi connectivity index (χ4n) is 4.54. The van der Waals surface area contributed by atoms with Gasteiger partial charge in [0.1, 0.15) is 24.2 Å². The minimum Gasteiger partial charge on any atom is -0.480 e. The van der Waals surface area contributed by atoms with Crippen molar-refractivity contribution in [3.05, 3.63) is 35.9 Å². The lowest BCUT2D eigenvalue weighted by Crippen LogP contribution is -2.51. The van der Waals surface area contributed by atoms with Crippen LogP contribution >= 0.6 is 0 Å². The van der Waals surface area contributed by atoms with Gasteiger partial charge in [-0.15, -0.1) is 0 Å². The molecule has 9 heteroatoms. The van der Waals surface area contributed by atoms with Crippen molar-refractivity contribution in [1.29, 1.82) is 0 Å². The quantitative estimate of drug-likeness (QED) is 0.122. The Labute approximate surface area is 246 Å². The number of esters is 1. The highest BCUT2D eigenvalue weighted by Crippen LogP contribution is 2.21. The fourth-order valence-corrected chi connectivity index (χ4v) is 4.54. The lowest BCUT2D eigenvalue weighted by molar-refractivity contribution is -0.156. The maximum atomic E-state index is 13.3. The number of carbonyl (C=O) groups is 4. The van der Waals surface area contributed by atoms with E-state index in [1.54, 1.807) is 0 Å². The number of ether oxygens (including phenoxy) is 1. The Morgan fingerprint density at radius 1 is 0.878 bits per heavy atom. The highest BCUT2D eigenvalue weighted by molar-refractivity contribution is 5.90. The SMILES string of the molecule is CCCCCCCC[C@H](C)[C@H](CC(=O)N[C@@H](CCc1ccccc1)C(=O)N[C@@H](C)C(=O)O)OC(=O)[C@H](N)[C@@H](C)CC. The van der Waals surface area contributed by atoms with Crippen LogP contribution in [0.1, 0.15) is 104 Å². The molecular formula is C32H53N3O6. The number of rotatable bonds is 21. The van der Waals surface area contributed by atoms with Crippen molar-refractivity contribution < 1.29 is 29.0 Å². The van der Waals surface area contributed by atoms with Gasteiger partial charge in [0.05, 0.1) is 6.42 Å². The first-order chi connectivity index (χ1) is 19.5. The third kappa shape index (κ3) is 14.5. The van der Waals surface area contributed by atoms with Crippen molar-refractivity contribution in [3.63, 3.8) is 0 Å². The molecule has 1 rings (SSSR count). The second-order valence-electron chi connectivity index (χ2n) is 11.3. The Morgan fingerprint density at radius 2 is 1.51 bits per heavy atom. The zero-order valence-corrected chi connectivity index (χ0v) is 25.7. The van der Waals surface area contributed by atoms with Crippen LogP contribution in [0.3, 0.4) is 0 Å². The van der Waals surface area contributed by atoms with Crippen LogP contribution in [0.5, 0.6) is 0 Å². The van der Waals surface area contributed by atoms with Crippen molar-refractivity contribution in [2.45, 2.75) is 129 Å². The van der Waals surface area contributed by atoms with Gasteiger partial charge < -0.3 is 26.2 Å². The maximum absolute atomic E-state index is 13.3. The summed E-state index contributed by atoms with van der Waals surface area (Å²) in [5.41, 5.74) is 7.12. The van der Waals surface area contributed by atoms with Crippen LogP contribution in [0.4, 0.5) is 0 Å². The number of hydrogen-bond acceptors (Lipinski definition) is 6. The molecule has 0 radical (unpaired) electrons. The maximum Gasteiger partial charge on any atom is 0.325 e. The summed E-state index contributed by atoms with van der Waals surface area (Å²) in [6, 6.07) is 6.70. The summed E-state index contributed by atoms with van der Waals surface area (Å²) in [5, 5.41) is 14.5. The molecule has 1 aromatic rings. The average molecular weight is 576 g/mol. The number of aliphatic carboxylic acids is 1. The molecule has 0 saturated carbocycles. The Morgan fingerprint density at radius 3 is 2.12 bits per heavy atom. The zero-order chi connectivity index (χ0) is 30.8. The van der Waals surface area contributed by atoms with Gasteiger partial charge in [-0.05, 0) is 43.6 Å². The van der Waals surface area contributed by atoms with Crippen molar-refractivity contribution in [3.8, 4) is 0 Å². The molecule has 0 fully saturated rings. The van der Waals surface area contributed by atoms with Gasteiger partial charge in [-0.25, -0.2) is 0 Å². The summed E-state index contributed by atoms with van der Waals surface area (Å²) in [6.45, 7) is 9.37. The van der Waals surface area contributed by atoms with Gasteiger partial charge >= 0.3 is 11.9 Å². The second kappa shape index (κ2) is 20.0. The predicted molar refractivity (Wildman–Crippen MR) is 161 cm³/mol. The van der Waals surface area contributed by atoms with Crippen LogP contribution in [0.15, 0.2) is 30.3 Å². The number of nitrogens with two attached hydrogens (primary N) is 1. The van der Waals surface area contributed by atoms with Crippen LogP contribution in [0.25, 0.3) is 0 Å². The van der Waals surface area contributed by atoms with E-state index in [1.165, 1.54) is 26.2 Å². The van der Waals surface area contributed by atoms with Crippen LogP contribution in [0, 0.1) is 11.8 Å². The smallest absolute Gasteiger partial charge is 0.325 e. The number of carbonyl (C=O) groups excluding carboxylic acids is 3. The monoisotopic (exact) mass is 575 g/mol. The molecule has 1 aromatic carbocycles. The zero-order valence-electron chi connectivity index (χ0n) is 25.7. The summed E-state index contributed by atoms with van der Waals surface area (Å²) in [4.78, 5) is 50.4. The molecule has 0 bridgehead atoms. The van der Waals surface area contributed by atoms with Crippen LogP contribution in [0.2, 0.25) is 0 Å². The number of unbranched alkanes of at least 4 members (excludes halogenated alkanes) is 5. The van der Waals surface area contributed by atoms with Crippen LogP contribution in [-0.4, -0.2) is 53.1 Å². The van der Waals surface area contributed by atoms with E-state index in [0.717, 1.165) is 37.7 Å². The molecule has 0 spiro atoms. The number of benzene rings is 1. The van der Waals surface area contributed by atoms with Crippen LogP contribution in [-0.2, 0) is 30.3 Å². The lowest BCUT2D eigenvalue weighted by atomic mass is 9.93. The molecule has 41 heavy (non-hydrogen) atoms. The van der Waals surface area contributed by atoms with Crippen LogP contribution < -0.4 is 16.4 Å². The first kappa shape index (κ1) is 36.1. The van der Waals surface area contributed by atoms with E-state index in [1.807, 2.05) is 51.1 Å². The summed E-state index contributed by atoms with van der Waals surface area (Å²) < 4.78 is 5.83. The molecule has 232 valence electrons. The molecule has 5 N–H and O–H groups in total. The van der Waals surface area contributed by atoms with Gasteiger partial charge in [0.2, 0.25) is 11.8 Å². The summed E-state index contributed by atoms with van der Waals surface area (Å²) in [5.74, 6) is -2.85. The topological polar surface area (TPSA) is 148 Å². The second-order valence-corrected chi connectivity index (χ2v) is 11.3. The number of amides is 2. The fraction of sp³-hybridized carbons (Fsp3) is 0.688. The van der Waals surface area contributed by atoms with E-state index in [2.05, 4.69) is 17.6 Å². The van der Waals surface area contributed by atoms with Gasteiger partial charge in [-0.2, -0.15) is 0 Å². The number of carboxylic acid groups (broad SMARTS) is 1. The third-order valence-corrected chi connectivity index (χ3v) is 7.78. The number of aryl methyl sites for hydroxylation is 1. The van der Waals surface area contributed by atoms with E-state index < -0.39 is 48.0 Å². The average Bonchev–Trinajstić information content (AvgIpc) is 2.95. The molecular weight excluding hydrogens is 522 g/mol. The minimum atomic E-state index is -1.17. The molecule has 0 aliphatic heterocycles. The van der Waals surface area contributed by atoms with Gasteiger partial charge in [0, 0.05) is 0 Å². The normalized spacial score (nSPS) is 15.6. The molecule has 9 nitrogen and oxygen atoms in total. The molecule has 2 amide bonds. The van der Waals surface area contributed by atoms with Gasteiger partial charge in [0.25, 0.3) is 0 Å². The lowest BCUT2D eigenvalue weighted by Gasteiger charge is -2.27. The Hall–Kier alpha value is -2.94. The molecule has 6 atom stereocenters. The highest BCUT2D eigenvalue weighted by Gasteiger charge is 2.31. The number of carboxylic acids is 1. The molecule has 0 heterocycles. The van der Waals surface area contributed by atoms with Crippen molar-refractivity contribution in [1.82, 2.24) is 10.6 Å². The van der Waals surface area contributed by atoms with Crippen molar-refractivity contribution in [2.75, 3.05) is 0 Å². The molecule has 0 aliphatic carbocycles. The van der Waals surface area contributed by atoms with Gasteiger partial charge in [-0.3, -0.25) is 19.2 Å². The van der Waals surface area contributed by atoms with E-state index >= 15 is 0 Å². The van der Waals surface area contributed by atoms with Crippen molar-refractivity contribution in [2.24, 2.45) is 17.6 Å². The molecule has 0 aliphatic rings. The Kier molecular flexibility index (Phi) is 17.6. The highest BCUT2D eigenvalue weighted by atomic mass is 16.5. The molecule has 0 saturated heterocycles. The summed E-state index contributed by atoms with van der Waals surface area (Å²) >= 11 is 0. The Balaban J connectivity index is 2.97. The molecule has 0 unspecified atom stereocenters. The predicted octanol–water partition coefficient (Wildman–Crippen LogP) is 4.76. The van der Waals surface area contributed by atoms with E-state index in [9.17, 15) is 24.3 Å². The van der Waals surface area contributed by atoms with Gasteiger partial charge in [0.15, 0.2) is 0 Å². The first-order valence-electron chi connectivity index (χ1n) is 15.3. The summed E-state index contributed by atoms with van der Waals surface area (Å²) in [6.07, 6.45) is 8.30. The van der Waals surface area contributed by atoms with E-state index in [0.29, 0.717) is 6.42 Å². The van der Waals surface area contributed by atoms with E-state index in [-0.39, 0.29) is 24.7 Å². The largest absolute Gasteiger partial charge is 0.480 e. The van der Waals surface area contributed by atoms with Gasteiger partial charge in [-0.1, -0.05) is 103 Å². The standard InChI is InChI=1S/C32H53N3O6/c1-6-8-9-10-11-13-16-23(4)27(41-32(40)29(33)22(3)7-2)21-28(36)35-26(30(37)34-24(5)31(38)39)20-19-25-17-14-12-15-18-25/h12,14-15,17-18,22-24,26-27,29H,6-11,13,16,19-21,33H2,1-5H3,(H,34,37)(H,35,36)(H,38,39)/t22-,23-,24-,26-,27-,29+/m0/s1. The first-order valence-corrected chi connectivity index (χ1v) is 15.3. The van der Waals surface area contributed by atoms with E-state index in [4.69, 9.17) is 10.5 Å². The Bertz CT molecular complexity index is 925. The van der Waals surface area contributed by atoms with Crippen molar-refractivity contribution >= 4 is 23.8 Å².